The maximum Gasteiger partial charge on any atom is 0.0515 e. The highest BCUT2D eigenvalue weighted by atomic mass is 15.4. The zero-order chi connectivity index (χ0) is 15.2. The standard InChI is InChI=1S/C18H31N3/c1-5-7-10-21(6-2)13-17-12-19-20-18(17)16-9-8-14(3)15(4)11-16/h8-9,11,17-20H,5-7,10,12-13H2,1-4H3. The predicted molar refractivity (Wildman–Crippen MR) is 90.3 cm³/mol. The van der Waals surface area contributed by atoms with Gasteiger partial charge in [-0.2, -0.15) is 0 Å². The normalized spacial score (nSPS) is 22.1. The molecule has 2 rings (SSSR count). The van der Waals surface area contributed by atoms with Crippen molar-refractivity contribution >= 4 is 0 Å². The second kappa shape index (κ2) is 7.92. The Morgan fingerprint density at radius 2 is 2.00 bits per heavy atom. The summed E-state index contributed by atoms with van der Waals surface area (Å²) in [6.45, 7) is 13.5. The van der Waals surface area contributed by atoms with Crippen LogP contribution in [0.15, 0.2) is 18.2 Å². The highest BCUT2D eigenvalue weighted by Crippen LogP contribution is 2.27. The minimum Gasteiger partial charge on any atom is -0.303 e. The molecule has 3 nitrogen and oxygen atoms in total. The maximum atomic E-state index is 3.48. The van der Waals surface area contributed by atoms with Gasteiger partial charge in [0.05, 0.1) is 6.04 Å². The number of rotatable bonds is 7. The van der Waals surface area contributed by atoms with Crippen molar-refractivity contribution in [1.29, 1.82) is 0 Å². The van der Waals surface area contributed by atoms with Gasteiger partial charge in [-0.3, -0.25) is 5.43 Å². The number of unbranched alkanes of at least 4 members (excludes halogenated alkanes) is 1. The molecule has 2 unspecified atom stereocenters. The van der Waals surface area contributed by atoms with E-state index in [2.05, 4.69) is 61.6 Å². The summed E-state index contributed by atoms with van der Waals surface area (Å²) in [7, 11) is 0. The van der Waals surface area contributed by atoms with Gasteiger partial charge < -0.3 is 4.90 Å². The van der Waals surface area contributed by atoms with E-state index in [9.17, 15) is 0 Å². The number of hydrogen-bond acceptors (Lipinski definition) is 3. The maximum absolute atomic E-state index is 3.48. The molecule has 118 valence electrons. The van der Waals surface area contributed by atoms with Gasteiger partial charge in [-0.1, -0.05) is 38.5 Å². The van der Waals surface area contributed by atoms with Crippen molar-refractivity contribution in [2.45, 2.75) is 46.6 Å². The molecule has 1 aromatic carbocycles. The summed E-state index contributed by atoms with van der Waals surface area (Å²) in [6.07, 6.45) is 2.58. The Hall–Kier alpha value is -0.900. The molecule has 0 saturated carbocycles. The number of hydrogen-bond donors (Lipinski definition) is 2. The van der Waals surface area contributed by atoms with Gasteiger partial charge in [0.2, 0.25) is 0 Å². The van der Waals surface area contributed by atoms with Gasteiger partial charge in [-0.25, -0.2) is 5.43 Å². The van der Waals surface area contributed by atoms with Crippen LogP contribution in [-0.2, 0) is 0 Å². The summed E-state index contributed by atoms with van der Waals surface area (Å²) in [5, 5.41) is 0. The number of aryl methyl sites for hydroxylation is 2. The molecule has 0 bridgehead atoms. The van der Waals surface area contributed by atoms with Crippen molar-refractivity contribution in [3.05, 3.63) is 34.9 Å². The fourth-order valence-corrected chi connectivity index (χ4v) is 3.11. The molecule has 2 N–H and O–H groups in total. The minimum absolute atomic E-state index is 0.431. The van der Waals surface area contributed by atoms with Gasteiger partial charge in [-0.05, 0) is 50.0 Å². The van der Waals surface area contributed by atoms with E-state index in [1.54, 1.807) is 0 Å². The van der Waals surface area contributed by atoms with Gasteiger partial charge in [0.15, 0.2) is 0 Å². The molecule has 1 aliphatic heterocycles. The molecule has 1 aliphatic rings. The number of nitrogens with zero attached hydrogens (tertiary/aromatic N) is 1. The van der Waals surface area contributed by atoms with Crippen LogP contribution < -0.4 is 10.9 Å². The zero-order valence-electron chi connectivity index (χ0n) is 14.1. The third kappa shape index (κ3) is 4.29. The Morgan fingerprint density at radius 3 is 2.67 bits per heavy atom. The second-order valence-corrected chi connectivity index (χ2v) is 6.35. The molecule has 0 amide bonds. The lowest BCUT2D eigenvalue weighted by Gasteiger charge is -2.27. The van der Waals surface area contributed by atoms with Gasteiger partial charge in [0.1, 0.15) is 0 Å². The van der Waals surface area contributed by atoms with E-state index < -0.39 is 0 Å². The van der Waals surface area contributed by atoms with Crippen molar-refractivity contribution < 1.29 is 0 Å². The van der Waals surface area contributed by atoms with Crippen LogP contribution in [0.1, 0.15) is 49.4 Å². The largest absolute Gasteiger partial charge is 0.303 e. The van der Waals surface area contributed by atoms with Crippen molar-refractivity contribution in [3.63, 3.8) is 0 Å². The predicted octanol–water partition coefficient (Wildman–Crippen LogP) is 3.19. The van der Waals surface area contributed by atoms with Gasteiger partial charge >= 0.3 is 0 Å². The van der Waals surface area contributed by atoms with Crippen LogP contribution in [0.5, 0.6) is 0 Å². The molecular weight excluding hydrogens is 258 g/mol. The monoisotopic (exact) mass is 289 g/mol. The topological polar surface area (TPSA) is 27.3 Å². The molecule has 1 saturated heterocycles. The fourth-order valence-electron chi connectivity index (χ4n) is 3.11. The van der Waals surface area contributed by atoms with E-state index >= 15 is 0 Å². The molecule has 2 atom stereocenters. The molecule has 1 aromatic rings. The van der Waals surface area contributed by atoms with Crippen LogP contribution in [0.3, 0.4) is 0 Å². The molecule has 3 heteroatoms. The summed E-state index contributed by atoms with van der Waals surface area (Å²) < 4.78 is 0. The van der Waals surface area contributed by atoms with E-state index in [1.165, 1.54) is 42.6 Å². The Labute approximate surface area is 130 Å². The Balaban J connectivity index is 2.03. The van der Waals surface area contributed by atoms with Crippen molar-refractivity contribution in [2.75, 3.05) is 26.2 Å². The smallest absolute Gasteiger partial charge is 0.0515 e. The number of nitrogens with one attached hydrogen (secondary N) is 2. The van der Waals surface area contributed by atoms with Crippen LogP contribution in [-0.4, -0.2) is 31.1 Å². The third-order valence-electron chi connectivity index (χ3n) is 4.75. The highest BCUT2D eigenvalue weighted by Gasteiger charge is 2.29. The molecular formula is C18H31N3. The average molecular weight is 289 g/mol. The van der Waals surface area contributed by atoms with Crippen molar-refractivity contribution in [1.82, 2.24) is 15.8 Å². The van der Waals surface area contributed by atoms with Crippen molar-refractivity contribution in [3.8, 4) is 0 Å². The van der Waals surface area contributed by atoms with Crippen LogP contribution in [0.2, 0.25) is 0 Å². The molecule has 0 radical (unpaired) electrons. The van der Waals surface area contributed by atoms with Crippen LogP contribution in [0.25, 0.3) is 0 Å². The first-order chi connectivity index (χ1) is 10.2. The van der Waals surface area contributed by atoms with E-state index in [-0.39, 0.29) is 0 Å². The lowest BCUT2D eigenvalue weighted by Crippen LogP contribution is -2.33. The van der Waals surface area contributed by atoms with E-state index in [1.807, 2.05) is 0 Å². The first-order valence-electron chi connectivity index (χ1n) is 8.43. The molecule has 1 heterocycles. The Morgan fingerprint density at radius 1 is 1.19 bits per heavy atom. The van der Waals surface area contributed by atoms with Crippen LogP contribution >= 0.6 is 0 Å². The lowest BCUT2D eigenvalue weighted by atomic mass is 9.92. The molecule has 21 heavy (non-hydrogen) atoms. The minimum atomic E-state index is 0.431. The molecule has 0 spiro atoms. The van der Waals surface area contributed by atoms with Gasteiger partial charge in [-0.15, -0.1) is 0 Å². The van der Waals surface area contributed by atoms with Crippen molar-refractivity contribution in [2.24, 2.45) is 5.92 Å². The number of benzene rings is 1. The van der Waals surface area contributed by atoms with Crippen LogP contribution in [0.4, 0.5) is 0 Å². The van der Waals surface area contributed by atoms with Gasteiger partial charge in [0.25, 0.3) is 0 Å². The SMILES string of the molecule is CCCCN(CC)CC1CNNC1c1ccc(C)c(C)c1. The number of hydrazine groups is 1. The molecule has 0 aromatic heterocycles. The quantitative estimate of drug-likeness (QED) is 0.807. The summed E-state index contributed by atoms with van der Waals surface area (Å²) in [5.41, 5.74) is 11.0. The van der Waals surface area contributed by atoms with E-state index in [0.29, 0.717) is 12.0 Å². The molecule has 1 fully saturated rings. The zero-order valence-corrected chi connectivity index (χ0v) is 14.1. The van der Waals surface area contributed by atoms with Crippen LogP contribution in [0, 0.1) is 19.8 Å². The summed E-state index contributed by atoms with van der Waals surface area (Å²) >= 11 is 0. The Bertz CT molecular complexity index is 444. The molecule has 0 aliphatic carbocycles. The first kappa shape index (κ1) is 16.5. The van der Waals surface area contributed by atoms with E-state index in [0.717, 1.165) is 13.1 Å². The summed E-state index contributed by atoms with van der Waals surface area (Å²) in [5.74, 6) is 0.643. The first-order valence-corrected chi connectivity index (χ1v) is 8.43. The fraction of sp³-hybridized carbons (Fsp3) is 0.667. The average Bonchev–Trinajstić information content (AvgIpc) is 2.94. The third-order valence-corrected chi connectivity index (χ3v) is 4.75. The van der Waals surface area contributed by atoms with Gasteiger partial charge in [0, 0.05) is 19.0 Å². The summed E-state index contributed by atoms with van der Waals surface area (Å²) in [4.78, 5) is 2.59. The Kier molecular flexibility index (Phi) is 6.22. The van der Waals surface area contributed by atoms with E-state index in [4.69, 9.17) is 0 Å². The summed E-state index contributed by atoms with van der Waals surface area (Å²) in [6, 6.07) is 7.30. The highest BCUT2D eigenvalue weighted by molar-refractivity contribution is 5.32. The second-order valence-electron chi connectivity index (χ2n) is 6.35. The lowest BCUT2D eigenvalue weighted by molar-refractivity contribution is 0.233.